The molecule has 4 nitrogen and oxygen atoms in total. The highest BCUT2D eigenvalue weighted by molar-refractivity contribution is 7.18. The Bertz CT molecular complexity index is 973. The van der Waals surface area contributed by atoms with E-state index in [1.165, 1.54) is 12.1 Å². The summed E-state index contributed by atoms with van der Waals surface area (Å²) in [4.78, 5) is 25.2. The number of anilines is 2. The fourth-order valence-corrected chi connectivity index (χ4v) is 3.55. The maximum absolute atomic E-state index is 13.1. The van der Waals surface area contributed by atoms with Gasteiger partial charge in [-0.15, -0.1) is 11.3 Å². The zero-order chi connectivity index (χ0) is 18.7. The monoisotopic (exact) mass is 388 g/mol. The van der Waals surface area contributed by atoms with Crippen molar-refractivity contribution < 1.29 is 14.0 Å². The van der Waals surface area contributed by atoms with Gasteiger partial charge in [-0.25, -0.2) is 4.39 Å². The lowest BCUT2D eigenvalue weighted by Gasteiger charge is -2.05. The van der Waals surface area contributed by atoms with Gasteiger partial charge in [-0.3, -0.25) is 9.59 Å². The molecule has 0 saturated heterocycles. The molecule has 0 fully saturated rings. The number of rotatable bonds is 4. The zero-order valence-corrected chi connectivity index (χ0v) is 15.2. The normalized spacial score (nSPS) is 10.4. The van der Waals surface area contributed by atoms with Crippen molar-refractivity contribution in [3.8, 4) is 0 Å². The summed E-state index contributed by atoms with van der Waals surface area (Å²) in [6.45, 7) is 1.79. The first-order valence-corrected chi connectivity index (χ1v) is 8.86. The molecule has 2 N–H and O–H groups in total. The molecule has 0 radical (unpaired) electrons. The second-order valence-electron chi connectivity index (χ2n) is 5.52. The number of benzene rings is 2. The number of carbonyl (C=O) groups is 2. The minimum absolute atomic E-state index is 0.0258. The first-order valence-electron chi connectivity index (χ1n) is 7.67. The minimum Gasteiger partial charge on any atom is -0.321 e. The van der Waals surface area contributed by atoms with Gasteiger partial charge in [-0.05, 0) is 48.9 Å². The first kappa shape index (κ1) is 18.1. The summed E-state index contributed by atoms with van der Waals surface area (Å²) >= 11 is 7.06. The van der Waals surface area contributed by atoms with Crippen LogP contribution in [0.1, 0.15) is 25.6 Å². The molecule has 0 bridgehead atoms. The van der Waals surface area contributed by atoms with Crippen LogP contribution < -0.4 is 10.6 Å². The molecule has 0 saturated carbocycles. The van der Waals surface area contributed by atoms with E-state index in [1.54, 1.807) is 25.1 Å². The quantitative estimate of drug-likeness (QED) is 0.632. The van der Waals surface area contributed by atoms with Crippen LogP contribution in [0.15, 0.2) is 54.6 Å². The third-order valence-electron chi connectivity index (χ3n) is 3.57. The fraction of sp³-hybridized carbons (Fsp3) is 0.0526. The summed E-state index contributed by atoms with van der Waals surface area (Å²) < 4.78 is 13.1. The van der Waals surface area contributed by atoms with Gasteiger partial charge in [0, 0.05) is 5.69 Å². The molecule has 7 heteroatoms. The van der Waals surface area contributed by atoms with E-state index in [2.05, 4.69) is 10.6 Å². The summed E-state index contributed by atoms with van der Waals surface area (Å²) in [6, 6.07) is 14.4. The lowest BCUT2D eigenvalue weighted by atomic mass is 10.2. The van der Waals surface area contributed by atoms with Crippen LogP contribution in [0.4, 0.5) is 15.1 Å². The van der Waals surface area contributed by atoms with Gasteiger partial charge < -0.3 is 10.6 Å². The number of para-hydroxylation sites is 1. The molecule has 0 atom stereocenters. The average Bonchev–Trinajstić information content (AvgIpc) is 2.96. The smallest absolute Gasteiger partial charge is 0.266 e. The Hall–Kier alpha value is -2.70. The molecular formula is C19H14ClFN2O2S. The van der Waals surface area contributed by atoms with Gasteiger partial charge in [0.1, 0.15) is 5.82 Å². The SMILES string of the molecule is Cc1cc(NC(=O)c2ccc(F)cc2Cl)sc1C(=O)Nc1ccccc1. The molecule has 26 heavy (non-hydrogen) atoms. The summed E-state index contributed by atoms with van der Waals surface area (Å²) in [5.74, 6) is -1.23. The standard InChI is InChI=1S/C19H14ClFN2O2S/c1-11-9-16(23-18(24)14-8-7-12(21)10-15(14)20)26-17(11)19(25)22-13-5-3-2-4-6-13/h2-10H,1H3,(H,22,25)(H,23,24). The van der Waals surface area contributed by atoms with E-state index >= 15 is 0 Å². The number of halogens is 2. The molecule has 0 aliphatic rings. The van der Waals surface area contributed by atoms with E-state index in [-0.39, 0.29) is 16.5 Å². The lowest BCUT2D eigenvalue weighted by molar-refractivity contribution is 0.102. The van der Waals surface area contributed by atoms with Gasteiger partial charge in [0.25, 0.3) is 11.8 Å². The number of aryl methyl sites for hydroxylation is 1. The van der Waals surface area contributed by atoms with E-state index in [1.807, 2.05) is 18.2 Å². The van der Waals surface area contributed by atoms with Crippen LogP contribution in [0.3, 0.4) is 0 Å². The molecule has 0 spiro atoms. The number of thiophene rings is 1. The molecule has 132 valence electrons. The summed E-state index contributed by atoms with van der Waals surface area (Å²) in [6.07, 6.45) is 0. The van der Waals surface area contributed by atoms with Gasteiger partial charge in [0.2, 0.25) is 0 Å². The minimum atomic E-state index is -0.515. The molecule has 3 rings (SSSR count). The van der Waals surface area contributed by atoms with Crippen molar-refractivity contribution >= 4 is 45.4 Å². The van der Waals surface area contributed by atoms with Crippen molar-refractivity contribution in [2.45, 2.75) is 6.92 Å². The Balaban J connectivity index is 1.75. The Kier molecular flexibility index (Phi) is 5.35. The molecule has 0 aliphatic carbocycles. The van der Waals surface area contributed by atoms with E-state index < -0.39 is 11.7 Å². The van der Waals surface area contributed by atoms with Gasteiger partial charge in [0.05, 0.1) is 20.5 Å². The van der Waals surface area contributed by atoms with Crippen molar-refractivity contribution in [2.75, 3.05) is 10.6 Å². The second kappa shape index (κ2) is 7.68. The Morgan fingerprint density at radius 1 is 1.00 bits per heavy atom. The summed E-state index contributed by atoms with van der Waals surface area (Å²) in [5.41, 5.74) is 1.59. The maximum atomic E-state index is 13.1. The molecule has 3 aromatic rings. The van der Waals surface area contributed by atoms with E-state index in [0.29, 0.717) is 15.6 Å². The van der Waals surface area contributed by atoms with Crippen LogP contribution in [0.25, 0.3) is 0 Å². The lowest BCUT2D eigenvalue weighted by Crippen LogP contribution is -2.12. The zero-order valence-electron chi connectivity index (χ0n) is 13.7. The Morgan fingerprint density at radius 2 is 1.73 bits per heavy atom. The average molecular weight is 389 g/mol. The number of nitrogens with one attached hydrogen (secondary N) is 2. The predicted molar refractivity (Wildman–Crippen MR) is 103 cm³/mol. The first-order chi connectivity index (χ1) is 12.4. The highest BCUT2D eigenvalue weighted by Gasteiger charge is 2.17. The van der Waals surface area contributed by atoms with E-state index in [0.717, 1.165) is 23.0 Å². The highest BCUT2D eigenvalue weighted by Crippen LogP contribution is 2.28. The van der Waals surface area contributed by atoms with Gasteiger partial charge in [-0.2, -0.15) is 0 Å². The molecule has 2 aromatic carbocycles. The highest BCUT2D eigenvalue weighted by atomic mass is 35.5. The number of hydrogen-bond acceptors (Lipinski definition) is 3. The fourth-order valence-electron chi connectivity index (χ4n) is 2.33. The Morgan fingerprint density at radius 3 is 2.42 bits per heavy atom. The maximum Gasteiger partial charge on any atom is 0.266 e. The topological polar surface area (TPSA) is 58.2 Å². The number of carbonyl (C=O) groups excluding carboxylic acids is 2. The van der Waals surface area contributed by atoms with Gasteiger partial charge in [-0.1, -0.05) is 29.8 Å². The van der Waals surface area contributed by atoms with Crippen molar-refractivity contribution in [1.29, 1.82) is 0 Å². The van der Waals surface area contributed by atoms with Crippen molar-refractivity contribution in [3.05, 3.63) is 81.4 Å². The van der Waals surface area contributed by atoms with Crippen LogP contribution in [0, 0.1) is 12.7 Å². The van der Waals surface area contributed by atoms with Crippen LogP contribution >= 0.6 is 22.9 Å². The number of amides is 2. The summed E-state index contributed by atoms with van der Waals surface area (Å²) in [5, 5.41) is 6.03. The molecule has 0 unspecified atom stereocenters. The number of hydrogen-bond donors (Lipinski definition) is 2. The van der Waals surface area contributed by atoms with Gasteiger partial charge >= 0.3 is 0 Å². The molecule has 1 heterocycles. The van der Waals surface area contributed by atoms with E-state index in [9.17, 15) is 14.0 Å². The van der Waals surface area contributed by atoms with Crippen LogP contribution in [-0.2, 0) is 0 Å². The molecule has 0 aliphatic heterocycles. The van der Waals surface area contributed by atoms with Gasteiger partial charge in [0.15, 0.2) is 0 Å². The largest absolute Gasteiger partial charge is 0.321 e. The van der Waals surface area contributed by atoms with Crippen LogP contribution in [0.5, 0.6) is 0 Å². The molecular weight excluding hydrogens is 375 g/mol. The van der Waals surface area contributed by atoms with Crippen molar-refractivity contribution in [1.82, 2.24) is 0 Å². The van der Waals surface area contributed by atoms with E-state index in [4.69, 9.17) is 11.6 Å². The van der Waals surface area contributed by atoms with Crippen LogP contribution in [0.2, 0.25) is 5.02 Å². The molecule has 2 amide bonds. The van der Waals surface area contributed by atoms with Crippen LogP contribution in [-0.4, -0.2) is 11.8 Å². The third kappa shape index (κ3) is 4.09. The Labute approximate surface area is 158 Å². The van der Waals surface area contributed by atoms with Crippen molar-refractivity contribution in [3.63, 3.8) is 0 Å². The second-order valence-corrected chi connectivity index (χ2v) is 6.98. The molecule has 1 aromatic heterocycles. The predicted octanol–water partition coefficient (Wildman–Crippen LogP) is 5.35. The van der Waals surface area contributed by atoms with Crippen molar-refractivity contribution in [2.24, 2.45) is 0 Å². The third-order valence-corrected chi connectivity index (χ3v) is 5.03. The summed E-state index contributed by atoms with van der Waals surface area (Å²) in [7, 11) is 0.